The van der Waals surface area contributed by atoms with Gasteiger partial charge in [-0.2, -0.15) is 0 Å². The molecule has 1 rings (SSSR count). The van der Waals surface area contributed by atoms with E-state index in [1.165, 1.54) is 0 Å². The van der Waals surface area contributed by atoms with Gasteiger partial charge in [0.2, 0.25) is 11.8 Å². The first-order valence-corrected chi connectivity index (χ1v) is 7.37. The first-order valence-electron chi connectivity index (χ1n) is 7.37. The average molecular weight is 306 g/mol. The maximum Gasteiger partial charge on any atom is 0.340 e. The number of amides is 2. The van der Waals surface area contributed by atoms with E-state index in [1.807, 2.05) is 13.8 Å². The van der Waals surface area contributed by atoms with Crippen molar-refractivity contribution in [1.82, 2.24) is 4.90 Å². The second-order valence-electron chi connectivity index (χ2n) is 4.56. The summed E-state index contributed by atoms with van der Waals surface area (Å²) >= 11 is 0. The maximum absolute atomic E-state index is 12.0. The molecule has 0 aliphatic heterocycles. The van der Waals surface area contributed by atoms with Crippen molar-refractivity contribution in [1.29, 1.82) is 0 Å². The van der Waals surface area contributed by atoms with Crippen molar-refractivity contribution in [3.63, 3.8) is 0 Å². The van der Waals surface area contributed by atoms with E-state index in [0.717, 1.165) is 0 Å². The fraction of sp³-hybridized carbons (Fsp3) is 0.438. The molecule has 0 unspecified atom stereocenters. The van der Waals surface area contributed by atoms with Crippen LogP contribution in [0.5, 0.6) is 0 Å². The Balaban J connectivity index is 2.76. The maximum atomic E-state index is 12.0. The Morgan fingerprint density at radius 2 is 1.73 bits per heavy atom. The number of benzene rings is 1. The molecule has 0 saturated carbocycles. The normalized spacial score (nSPS) is 9.95. The van der Waals surface area contributed by atoms with E-state index in [0.29, 0.717) is 18.8 Å². The number of carbonyl (C=O) groups is 3. The number of hydrogen-bond acceptors (Lipinski definition) is 4. The Hall–Kier alpha value is -2.37. The molecule has 22 heavy (non-hydrogen) atoms. The molecule has 0 bridgehead atoms. The number of hydrogen-bond donors (Lipinski definition) is 1. The molecule has 120 valence electrons. The third-order valence-electron chi connectivity index (χ3n) is 3.12. The van der Waals surface area contributed by atoms with Gasteiger partial charge in [-0.05, 0) is 32.9 Å². The number of para-hydroxylation sites is 1. The lowest BCUT2D eigenvalue weighted by molar-refractivity contribution is -0.134. The summed E-state index contributed by atoms with van der Waals surface area (Å²) in [6.45, 7) is 6.79. The third-order valence-corrected chi connectivity index (χ3v) is 3.12. The van der Waals surface area contributed by atoms with E-state index in [-0.39, 0.29) is 24.5 Å². The van der Waals surface area contributed by atoms with Gasteiger partial charge in [-0.1, -0.05) is 12.1 Å². The molecule has 1 aromatic rings. The van der Waals surface area contributed by atoms with Crippen molar-refractivity contribution in [2.75, 3.05) is 25.0 Å². The van der Waals surface area contributed by atoms with Crippen molar-refractivity contribution in [2.45, 2.75) is 27.2 Å². The number of carbonyl (C=O) groups excluding carboxylic acids is 3. The highest BCUT2D eigenvalue weighted by molar-refractivity contribution is 6.06. The Morgan fingerprint density at radius 1 is 1.09 bits per heavy atom. The fourth-order valence-electron chi connectivity index (χ4n) is 2.00. The van der Waals surface area contributed by atoms with Gasteiger partial charge >= 0.3 is 5.97 Å². The van der Waals surface area contributed by atoms with E-state index in [1.54, 1.807) is 36.1 Å². The Labute approximate surface area is 130 Å². The Bertz CT molecular complexity index is 539. The van der Waals surface area contributed by atoms with Gasteiger partial charge in [-0.15, -0.1) is 0 Å². The summed E-state index contributed by atoms with van der Waals surface area (Å²) in [6, 6.07) is 6.55. The number of rotatable bonds is 7. The van der Waals surface area contributed by atoms with Crippen LogP contribution in [-0.2, 0) is 14.3 Å². The van der Waals surface area contributed by atoms with Crippen LogP contribution in [0.3, 0.4) is 0 Å². The second kappa shape index (κ2) is 8.81. The number of nitrogens with one attached hydrogen (secondary N) is 1. The third kappa shape index (κ3) is 4.87. The summed E-state index contributed by atoms with van der Waals surface area (Å²) in [5.74, 6) is -1.20. The van der Waals surface area contributed by atoms with E-state index in [4.69, 9.17) is 4.74 Å². The molecule has 2 amide bonds. The van der Waals surface area contributed by atoms with Crippen molar-refractivity contribution >= 4 is 23.5 Å². The van der Waals surface area contributed by atoms with Crippen LogP contribution >= 0.6 is 0 Å². The van der Waals surface area contributed by atoms with Gasteiger partial charge in [-0.3, -0.25) is 9.59 Å². The number of nitrogens with zero attached hydrogens (tertiary/aromatic N) is 1. The zero-order valence-electron chi connectivity index (χ0n) is 13.2. The van der Waals surface area contributed by atoms with Crippen LogP contribution in [0, 0.1) is 0 Å². The SMILES string of the molecule is CCOC(=O)c1ccccc1NC(=O)CC(=O)N(CC)CC. The van der Waals surface area contributed by atoms with E-state index in [9.17, 15) is 14.4 Å². The van der Waals surface area contributed by atoms with Gasteiger partial charge in [0.1, 0.15) is 6.42 Å². The predicted octanol–water partition coefficient (Wildman–Crippen LogP) is 2.06. The van der Waals surface area contributed by atoms with Crippen molar-refractivity contribution < 1.29 is 19.1 Å². The first kappa shape index (κ1) is 17.7. The first-order chi connectivity index (χ1) is 10.5. The monoisotopic (exact) mass is 306 g/mol. The zero-order chi connectivity index (χ0) is 16.5. The molecule has 0 saturated heterocycles. The molecule has 0 heterocycles. The van der Waals surface area contributed by atoms with Crippen molar-refractivity contribution in [2.24, 2.45) is 0 Å². The molecule has 0 radical (unpaired) electrons. The van der Waals surface area contributed by atoms with Gasteiger partial charge in [0.05, 0.1) is 17.9 Å². The molecule has 0 fully saturated rings. The summed E-state index contributed by atoms with van der Waals surface area (Å²) < 4.78 is 4.94. The molecular weight excluding hydrogens is 284 g/mol. The lowest BCUT2D eigenvalue weighted by Crippen LogP contribution is -2.33. The van der Waals surface area contributed by atoms with Crippen LogP contribution < -0.4 is 5.32 Å². The van der Waals surface area contributed by atoms with Crippen molar-refractivity contribution in [3.05, 3.63) is 29.8 Å². The quantitative estimate of drug-likeness (QED) is 0.618. The topological polar surface area (TPSA) is 75.7 Å². The number of anilines is 1. The predicted molar refractivity (Wildman–Crippen MR) is 83.6 cm³/mol. The second-order valence-corrected chi connectivity index (χ2v) is 4.56. The van der Waals surface area contributed by atoms with Crippen molar-refractivity contribution in [3.8, 4) is 0 Å². The molecule has 6 nitrogen and oxygen atoms in total. The van der Waals surface area contributed by atoms with Crippen LogP contribution in [-0.4, -0.2) is 42.4 Å². The highest BCUT2D eigenvalue weighted by Crippen LogP contribution is 2.16. The van der Waals surface area contributed by atoms with Crippen LogP contribution in [0.25, 0.3) is 0 Å². The van der Waals surface area contributed by atoms with E-state index < -0.39 is 11.9 Å². The van der Waals surface area contributed by atoms with Gasteiger partial charge in [-0.25, -0.2) is 4.79 Å². The Kier molecular flexibility index (Phi) is 7.08. The molecule has 0 aliphatic carbocycles. The molecule has 0 aliphatic rings. The van der Waals surface area contributed by atoms with Crippen LogP contribution in [0.1, 0.15) is 37.6 Å². The van der Waals surface area contributed by atoms with Crippen LogP contribution in [0.2, 0.25) is 0 Å². The summed E-state index contributed by atoms with van der Waals surface area (Å²) in [6.07, 6.45) is -0.251. The van der Waals surface area contributed by atoms with Gasteiger partial charge in [0.25, 0.3) is 0 Å². The molecule has 0 atom stereocenters. The summed E-state index contributed by atoms with van der Waals surface area (Å²) in [4.78, 5) is 37.3. The largest absolute Gasteiger partial charge is 0.462 e. The molecule has 1 N–H and O–H groups in total. The highest BCUT2D eigenvalue weighted by Gasteiger charge is 2.17. The molecule has 0 aromatic heterocycles. The zero-order valence-corrected chi connectivity index (χ0v) is 13.2. The van der Waals surface area contributed by atoms with Gasteiger partial charge in [0, 0.05) is 13.1 Å². The number of esters is 1. The highest BCUT2D eigenvalue weighted by atomic mass is 16.5. The van der Waals surface area contributed by atoms with E-state index >= 15 is 0 Å². The lowest BCUT2D eigenvalue weighted by atomic mass is 10.1. The summed E-state index contributed by atoms with van der Waals surface area (Å²) in [5, 5.41) is 2.60. The lowest BCUT2D eigenvalue weighted by Gasteiger charge is -2.18. The standard InChI is InChI=1S/C16H22N2O4/c1-4-18(5-2)15(20)11-14(19)17-13-10-8-7-9-12(13)16(21)22-6-3/h7-10H,4-6,11H2,1-3H3,(H,17,19). The molecule has 1 aromatic carbocycles. The summed E-state index contributed by atoms with van der Waals surface area (Å²) in [7, 11) is 0. The summed E-state index contributed by atoms with van der Waals surface area (Å²) in [5.41, 5.74) is 0.617. The Morgan fingerprint density at radius 3 is 2.32 bits per heavy atom. The van der Waals surface area contributed by atoms with E-state index in [2.05, 4.69) is 5.32 Å². The minimum atomic E-state index is -0.506. The average Bonchev–Trinajstić information content (AvgIpc) is 2.49. The van der Waals surface area contributed by atoms with Gasteiger partial charge in [0.15, 0.2) is 0 Å². The minimum Gasteiger partial charge on any atom is -0.462 e. The molecule has 0 spiro atoms. The smallest absolute Gasteiger partial charge is 0.340 e. The molecule has 6 heteroatoms. The molecular formula is C16H22N2O4. The number of ether oxygens (including phenoxy) is 1. The fourth-order valence-corrected chi connectivity index (χ4v) is 2.00. The minimum absolute atomic E-state index is 0.240. The van der Waals surface area contributed by atoms with Gasteiger partial charge < -0.3 is 15.0 Å². The van der Waals surface area contributed by atoms with Crippen LogP contribution in [0.15, 0.2) is 24.3 Å². The van der Waals surface area contributed by atoms with Crippen LogP contribution in [0.4, 0.5) is 5.69 Å².